The van der Waals surface area contributed by atoms with Crippen molar-refractivity contribution in [1.29, 1.82) is 5.26 Å². The Morgan fingerprint density at radius 1 is 1.29 bits per heavy atom. The highest BCUT2D eigenvalue weighted by molar-refractivity contribution is 7.10. The number of thiophene rings is 1. The van der Waals surface area contributed by atoms with Crippen molar-refractivity contribution in [3.05, 3.63) is 22.4 Å². The van der Waals surface area contributed by atoms with Gasteiger partial charge in [0.1, 0.15) is 6.04 Å². The van der Waals surface area contributed by atoms with Crippen LogP contribution in [-0.2, 0) is 4.79 Å². The van der Waals surface area contributed by atoms with Gasteiger partial charge in [-0.05, 0) is 38.1 Å². The van der Waals surface area contributed by atoms with Crippen molar-refractivity contribution in [2.24, 2.45) is 0 Å². The third-order valence-electron chi connectivity index (χ3n) is 5.42. The van der Waals surface area contributed by atoms with Crippen molar-refractivity contribution in [2.45, 2.75) is 44.8 Å². The van der Waals surface area contributed by atoms with Gasteiger partial charge < -0.3 is 4.90 Å². The fourth-order valence-electron chi connectivity index (χ4n) is 3.82. The van der Waals surface area contributed by atoms with Crippen LogP contribution in [0.4, 0.5) is 0 Å². The molecule has 0 radical (unpaired) electrons. The third kappa shape index (κ3) is 3.64. The van der Waals surface area contributed by atoms with Crippen LogP contribution in [0.15, 0.2) is 17.5 Å². The van der Waals surface area contributed by atoms with Crippen LogP contribution in [0.1, 0.15) is 37.6 Å². The van der Waals surface area contributed by atoms with Crippen molar-refractivity contribution in [1.82, 2.24) is 14.7 Å². The van der Waals surface area contributed by atoms with Crippen LogP contribution in [0.25, 0.3) is 0 Å². The van der Waals surface area contributed by atoms with E-state index in [2.05, 4.69) is 29.7 Å². The largest absolute Gasteiger partial charge is 0.339 e. The minimum atomic E-state index is -0.180. The van der Waals surface area contributed by atoms with Gasteiger partial charge in [-0.2, -0.15) is 5.26 Å². The van der Waals surface area contributed by atoms with E-state index >= 15 is 0 Å². The fraction of sp³-hybridized carbons (Fsp3) is 0.667. The number of piperazine rings is 1. The van der Waals surface area contributed by atoms with E-state index in [0.717, 1.165) is 31.1 Å². The number of carbonyl (C=O) groups excluding carboxylic acids is 1. The Bertz CT molecular complexity index is 579. The van der Waals surface area contributed by atoms with Crippen molar-refractivity contribution in [3.63, 3.8) is 0 Å². The molecule has 2 aliphatic rings. The highest BCUT2D eigenvalue weighted by Crippen LogP contribution is 2.26. The molecule has 2 saturated heterocycles. The second-order valence-corrected chi connectivity index (χ2v) is 7.89. The van der Waals surface area contributed by atoms with E-state index in [-0.39, 0.29) is 11.9 Å². The lowest BCUT2D eigenvalue weighted by molar-refractivity contribution is -0.135. The summed E-state index contributed by atoms with van der Waals surface area (Å²) < 4.78 is 0. The molecule has 1 amide bonds. The van der Waals surface area contributed by atoms with Gasteiger partial charge in [-0.1, -0.05) is 6.07 Å². The minimum absolute atomic E-state index is 0.180. The molecule has 1 aromatic heterocycles. The average Bonchev–Trinajstić information content (AvgIpc) is 3.22. The van der Waals surface area contributed by atoms with Crippen molar-refractivity contribution >= 4 is 17.2 Å². The summed E-state index contributed by atoms with van der Waals surface area (Å²) >= 11 is 1.63. The molecule has 0 spiro atoms. The molecule has 0 N–H and O–H groups in total. The smallest absolute Gasteiger partial charge is 0.236 e. The minimum Gasteiger partial charge on any atom is -0.339 e. The second kappa shape index (κ2) is 7.64. The number of rotatable bonds is 4. The van der Waals surface area contributed by atoms with Crippen molar-refractivity contribution in [2.75, 3.05) is 32.7 Å². The first-order valence-corrected chi connectivity index (χ1v) is 9.68. The molecule has 3 rings (SSSR count). The summed E-state index contributed by atoms with van der Waals surface area (Å²) in [5, 5.41) is 11.5. The van der Waals surface area contributed by atoms with Gasteiger partial charge in [0, 0.05) is 43.1 Å². The first kappa shape index (κ1) is 17.4. The molecule has 0 bridgehead atoms. The van der Waals surface area contributed by atoms with E-state index in [4.69, 9.17) is 0 Å². The van der Waals surface area contributed by atoms with Crippen molar-refractivity contribution in [3.8, 4) is 6.07 Å². The Balaban J connectivity index is 1.53. The molecule has 2 aliphatic heterocycles. The molecule has 24 heavy (non-hydrogen) atoms. The molecule has 5 nitrogen and oxygen atoms in total. The van der Waals surface area contributed by atoms with Crippen LogP contribution >= 0.6 is 11.3 Å². The molecule has 3 heterocycles. The fourth-order valence-corrected chi connectivity index (χ4v) is 4.62. The van der Waals surface area contributed by atoms with E-state index in [1.54, 1.807) is 11.3 Å². The topological polar surface area (TPSA) is 50.6 Å². The van der Waals surface area contributed by atoms with Gasteiger partial charge in [0.05, 0.1) is 12.6 Å². The maximum atomic E-state index is 12.6. The number of nitriles is 1. The van der Waals surface area contributed by atoms with E-state index in [1.807, 2.05) is 22.4 Å². The molecular formula is C18H26N4OS. The lowest BCUT2D eigenvalue weighted by Crippen LogP contribution is -2.52. The van der Waals surface area contributed by atoms with Crippen LogP contribution in [0.2, 0.25) is 0 Å². The van der Waals surface area contributed by atoms with Gasteiger partial charge in [0.2, 0.25) is 5.91 Å². The summed E-state index contributed by atoms with van der Waals surface area (Å²) in [6, 6.07) is 7.26. The zero-order valence-electron chi connectivity index (χ0n) is 14.5. The number of carbonyl (C=O) groups is 1. The van der Waals surface area contributed by atoms with E-state index < -0.39 is 0 Å². The van der Waals surface area contributed by atoms with Crippen LogP contribution in [0.3, 0.4) is 0 Å². The Labute approximate surface area is 148 Å². The average molecular weight is 347 g/mol. The number of hydrogen-bond acceptors (Lipinski definition) is 5. The summed E-state index contributed by atoms with van der Waals surface area (Å²) in [7, 11) is 0. The zero-order chi connectivity index (χ0) is 17.1. The second-order valence-electron chi connectivity index (χ2n) is 6.91. The monoisotopic (exact) mass is 346 g/mol. The Hall–Kier alpha value is -1.42. The molecular weight excluding hydrogens is 320 g/mol. The number of hydrogen-bond donors (Lipinski definition) is 0. The Kier molecular flexibility index (Phi) is 5.54. The van der Waals surface area contributed by atoms with E-state index in [9.17, 15) is 10.1 Å². The summed E-state index contributed by atoms with van der Waals surface area (Å²) in [5.41, 5.74) is 0. The zero-order valence-corrected chi connectivity index (χ0v) is 15.3. The molecule has 0 saturated carbocycles. The molecule has 0 unspecified atom stereocenters. The standard InChI is InChI=1S/C18H26N4OS/c1-14-5-6-15(2)22(14)13-18(23)21-9-7-20(8-10-21)16(12-19)17-4-3-11-24-17/h3-4,11,14-16H,5-10,13H2,1-2H3/t14-,15+,16-/m1/s1. The third-order valence-corrected chi connectivity index (χ3v) is 6.34. The first-order valence-electron chi connectivity index (χ1n) is 8.80. The number of amides is 1. The maximum Gasteiger partial charge on any atom is 0.236 e. The van der Waals surface area contributed by atoms with Crippen LogP contribution in [-0.4, -0.2) is 65.4 Å². The van der Waals surface area contributed by atoms with E-state index in [0.29, 0.717) is 18.6 Å². The quantitative estimate of drug-likeness (QED) is 0.840. The Morgan fingerprint density at radius 2 is 1.96 bits per heavy atom. The highest BCUT2D eigenvalue weighted by Gasteiger charge is 2.32. The van der Waals surface area contributed by atoms with E-state index in [1.165, 1.54) is 12.8 Å². The van der Waals surface area contributed by atoms with Crippen LogP contribution in [0.5, 0.6) is 0 Å². The SMILES string of the molecule is C[C@@H]1CC[C@H](C)N1CC(=O)N1CCN([C@H](C#N)c2cccs2)CC1. The molecule has 2 fully saturated rings. The lowest BCUT2D eigenvalue weighted by Gasteiger charge is -2.38. The Morgan fingerprint density at radius 3 is 2.50 bits per heavy atom. The van der Waals surface area contributed by atoms with Gasteiger partial charge in [-0.3, -0.25) is 14.6 Å². The molecule has 0 aromatic carbocycles. The first-order chi connectivity index (χ1) is 11.6. The van der Waals surface area contributed by atoms with Gasteiger partial charge in [-0.25, -0.2) is 0 Å². The molecule has 1 aromatic rings. The van der Waals surface area contributed by atoms with Gasteiger partial charge >= 0.3 is 0 Å². The number of likely N-dealkylation sites (tertiary alicyclic amines) is 1. The molecule has 6 heteroatoms. The van der Waals surface area contributed by atoms with Crippen molar-refractivity contribution < 1.29 is 4.79 Å². The molecule has 3 atom stereocenters. The molecule has 130 valence electrons. The van der Waals surface area contributed by atoms with Crippen LogP contribution < -0.4 is 0 Å². The normalized spacial score (nSPS) is 27.1. The summed E-state index contributed by atoms with van der Waals surface area (Å²) in [6.07, 6.45) is 2.37. The summed E-state index contributed by atoms with van der Waals surface area (Å²) in [6.45, 7) is 7.95. The predicted octanol–water partition coefficient (Wildman–Crippen LogP) is 2.33. The predicted molar refractivity (Wildman–Crippen MR) is 95.7 cm³/mol. The maximum absolute atomic E-state index is 12.6. The summed E-state index contributed by atoms with van der Waals surface area (Å²) in [4.78, 5) is 20.2. The highest BCUT2D eigenvalue weighted by atomic mass is 32.1. The summed E-state index contributed by atoms with van der Waals surface area (Å²) in [5.74, 6) is 0.236. The van der Waals surface area contributed by atoms with Gasteiger partial charge in [0.25, 0.3) is 0 Å². The lowest BCUT2D eigenvalue weighted by atomic mass is 10.2. The number of nitrogens with zero attached hydrogens (tertiary/aromatic N) is 4. The van der Waals surface area contributed by atoms with Gasteiger partial charge in [0.15, 0.2) is 0 Å². The van der Waals surface area contributed by atoms with Crippen LogP contribution in [0, 0.1) is 11.3 Å². The van der Waals surface area contributed by atoms with Gasteiger partial charge in [-0.15, -0.1) is 11.3 Å². The molecule has 0 aliphatic carbocycles.